The third-order valence-corrected chi connectivity index (χ3v) is 5.06. The van der Waals surface area contributed by atoms with E-state index in [4.69, 9.17) is 21.3 Å². The Kier molecular flexibility index (Phi) is 5.54. The van der Waals surface area contributed by atoms with Crippen molar-refractivity contribution in [2.75, 3.05) is 33.1 Å². The van der Waals surface area contributed by atoms with Crippen molar-refractivity contribution in [1.82, 2.24) is 9.88 Å². The summed E-state index contributed by atoms with van der Waals surface area (Å²) in [6.45, 7) is 5.51. The Labute approximate surface area is 160 Å². The number of fused-ring (bicyclic) bond motifs is 2. The van der Waals surface area contributed by atoms with Crippen molar-refractivity contribution in [1.29, 1.82) is 0 Å². The van der Waals surface area contributed by atoms with Gasteiger partial charge in [-0.05, 0) is 63.3 Å². The smallest absolute Gasteiger partial charge is 0.119 e. The fourth-order valence-electron chi connectivity index (χ4n) is 3.28. The number of hydrogen-bond acceptors (Lipinski definition) is 4. The highest BCUT2D eigenvalue weighted by atomic mass is 35.5. The van der Waals surface area contributed by atoms with Crippen molar-refractivity contribution < 1.29 is 4.74 Å². The Morgan fingerprint density at radius 3 is 2.54 bits per heavy atom. The summed E-state index contributed by atoms with van der Waals surface area (Å²) >= 11 is 6.20. The van der Waals surface area contributed by atoms with Crippen LogP contribution in [0.2, 0.25) is 5.02 Å². The summed E-state index contributed by atoms with van der Waals surface area (Å²) in [6, 6.07) is 12.1. The second-order valence-corrected chi connectivity index (χ2v) is 7.64. The molecule has 5 heteroatoms. The summed E-state index contributed by atoms with van der Waals surface area (Å²) in [5, 5.41) is 6.56. The van der Waals surface area contributed by atoms with Gasteiger partial charge in [-0.25, -0.2) is 4.98 Å². The van der Waals surface area contributed by atoms with E-state index in [1.165, 1.54) is 0 Å². The SMILES string of the molecule is COc1ccc2nc3cc(Cl)ccc3c(NC(C)C(C)CN(C)C)c2c1. The van der Waals surface area contributed by atoms with Gasteiger partial charge in [0.25, 0.3) is 0 Å². The molecule has 0 fully saturated rings. The zero-order valence-corrected chi connectivity index (χ0v) is 16.8. The molecule has 0 aliphatic carbocycles. The second kappa shape index (κ2) is 7.68. The number of aromatic nitrogens is 1. The van der Waals surface area contributed by atoms with Crippen LogP contribution in [-0.4, -0.2) is 43.7 Å². The van der Waals surface area contributed by atoms with Crippen LogP contribution in [0.4, 0.5) is 5.69 Å². The molecule has 0 aliphatic heterocycles. The Balaban J connectivity index is 2.14. The summed E-state index contributed by atoms with van der Waals surface area (Å²) in [7, 11) is 5.89. The molecule has 0 bridgehead atoms. The Hall–Kier alpha value is -2.04. The van der Waals surface area contributed by atoms with E-state index < -0.39 is 0 Å². The minimum atomic E-state index is 0.299. The Morgan fingerprint density at radius 2 is 1.85 bits per heavy atom. The number of pyridine rings is 1. The van der Waals surface area contributed by atoms with Gasteiger partial charge in [0.15, 0.2) is 0 Å². The van der Waals surface area contributed by atoms with Crippen LogP contribution in [0.25, 0.3) is 21.8 Å². The largest absolute Gasteiger partial charge is 0.497 e. The summed E-state index contributed by atoms with van der Waals surface area (Å²) in [4.78, 5) is 7.00. The molecule has 0 spiro atoms. The highest BCUT2D eigenvalue weighted by Crippen LogP contribution is 2.35. The van der Waals surface area contributed by atoms with Crippen molar-refractivity contribution in [3.8, 4) is 5.75 Å². The highest BCUT2D eigenvalue weighted by molar-refractivity contribution is 6.31. The van der Waals surface area contributed by atoms with E-state index in [1.807, 2.05) is 36.4 Å². The maximum Gasteiger partial charge on any atom is 0.119 e. The van der Waals surface area contributed by atoms with Crippen LogP contribution < -0.4 is 10.1 Å². The van der Waals surface area contributed by atoms with Crippen LogP contribution in [0.15, 0.2) is 36.4 Å². The summed E-state index contributed by atoms with van der Waals surface area (Å²) in [6.07, 6.45) is 0. The normalized spacial score (nSPS) is 14.0. The molecule has 4 nitrogen and oxygen atoms in total. The van der Waals surface area contributed by atoms with Crippen LogP contribution in [0.1, 0.15) is 13.8 Å². The van der Waals surface area contributed by atoms with E-state index in [-0.39, 0.29) is 0 Å². The quantitative estimate of drug-likeness (QED) is 0.615. The fourth-order valence-corrected chi connectivity index (χ4v) is 3.45. The number of ether oxygens (including phenoxy) is 1. The molecule has 0 amide bonds. The van der Waals surface area contributed by atoms with Crippen LogP contribution in [-0.2, 0) is 0 Å². The maximum atomic E-state index is 6.20. The number of nitrogens with zero attached hydrogens (tertiary/aromatic N) is 2. The van der Waals surface area contributed by atoms with E-state index in [0.717, 1.165) is 39.8 Å². The summed E-state index contributed by atoms with van der Waals surface area (Å²) in [5.74, 6) is 1.31. The van der Waals surface area contributed by atoms with Crippen LogP contribution in [0, 0.1) is 5.92 Å². The van der Waals surface area contributed by atoms with E-state index in [0.29, 0.717) is 17.0 Å². The molecule has 3 rings (SSSR count). The third-order valence-electron chi connectivity index (χ3n) is 4.82. The number of methoxy groups -OCH3 is 1. The van der Waals surface area contributed by atoms with Crippen LogP contribution in [0.3, 0.4) is 0 Å². The molecule has 1 aromatic heterocycles. The predicted octanol–water partition coefficient (Wildman–Crippen LogP) is 5.05. The summed E-state index contributed by atoms with van der Waals surface area (Å²) < 4.78 is 5.43. The molecule has 1 N–H and O–H groups in total. The van der Waals surface area contributed by atoms with Gasteiger partial charge < -0.3 is 15.0 Å². The van der Waals surface area contributed by atoms with Crippen molar-refractivity contribution in [3.05, 3.63) is 41.4 Å². The van der Waals surface area contributed by atoms with Gasteiger partial charge in [-0.15, -0.1) is 0 Å². The van der Waals surface area contributed by atoms with Crippen molar-refractivity contribution in [3.63, 3.8) is 0 Å². The molecular weight excluding hydrogens is 346 g/mol. The molecule has 0 radical (unpaired) electrons. The highest BCUT2D eigenvalue weighted by Gasteiger charge is 2.17. The summed E-state index contributed by atoms with van der Waals surface area (Å²) in [5.41, 5.74) is 2.90. The molecule has 1 heterocycles. The lowest BCUT2D eigenvalue weighted by molar-refractivity contribution is 0.321. The van der Waals surface area contributed by atoms with Gasteiger partial charge in [0.1, 0.15) is 5.75 Å². The average Bonchev–Trinajstić information content (AvgIpc) is 2.60. The predicted molar refractivity (Wildman–Crippen MR) is 112 cm³/mol. The van der Waals surface area contributed by atoms with Crippen molar-refractivity contribution in [2.45, 2.75) is 19.9 Å². The topological polar surface area (TPSA) is 37.4 Å². The van der Waals surface area contributed by atoms with Crippen LogP contribution in [0.5, 0.6) is 5.75 Å². The Bertz CT molecular complexity index is 926. The van der Waals surface area contributed by atoms with E-state index >= 15 is 0 Å². The zero-order valence-electron chi connectivity index (χ0n) is 16.0. The van der Waals surface area contributed by atoms with Gasteiger partial charge in [0.2, 0.25) is 0 Å². The molecular formula is C21H26ClN3O. The molecule has 138 valence electrons. The minimum Gasteiger partial charge on any atom is -0.497 e. The molecule has 0 saturated carbocycles. The second-order valence-electron chi connectivity index (χ2n) is 7.20. The maximum absolute atomic E-state index is 6.20. The first-order valence-corrected chi connectivity index (χ1v) is 9.25. The van der Waals surface area contributed by atoms with Gasteiger partial charge >= 0.3 is 0 Å². The van der Waals surface area contributed by atoms with E-state index in [2.05, 4.69) is 38.2 Å². The van der Waals surface area contributed by atoms with Crippen LogP contribution >= 0.6 is 11.6 Å². The molecule has 0 aliphatic rings. The molecule has 0 saturated heterocycles. The molecule has 26 heavy (non-hydrogen) atoms. The first-order chi connectivity index (χ1) is 12.4. The Morgan fingerprint density at radius 1 is 1.08 bits per heavy atom. The first kappa shape index (κ1) is 18.7. The lowest BCUT2D eigenvalue weighted by Crippen LogP contribution is -2.32. The number of anilines is 1. The molecule has 2 aromatic carbocycles. The van der Waals surface area contributed by atoms with Gasteiger partial charge in [0, 0.05) is 28.4 Å². The third kappa shape index (κ3) is 3.87. The molecule has 3 aromatic rings. The average molecular weight is 372 g/mol. The first-order valence-electron chi connectivity index (χ1n) is 8.87. The number of rotatable bonds is 6. The van der Waals surface area contributed by atoms with Crippen molar-refractivity contribution in [2.24, 2.45) is 5.92 Å². The monoisotopic (exact) mass is 371 g/mol. The molecule has 2 atom stereocenters. The van der Waals surface area contributed by atoms with Gasteiger partial charge in [0.05, 0.1) is 23.8 Å². The van der Waals surface area contributed by atoms with Crippen molar-refractivity contribution >= 4 is 39.1 Å². The number of benzene rings is 2. The zero-order chi connectivity index (χ0) is 18.8. The fraction of sp³-hybridized carbons (Fsp3) is 0.381. The van der Waals surface area contributed by atoms with E-state index in [9.17, 15) is 0 Å². The lowest BCUT2D eigenvalue weighted by Gasteiger charge is -2.26. The van der Waals surface area contributed by atoms with Gasteiger partial charge in [-0.2, -0.15) is 0 Å². The number of nitrogens with one attached hydrogen (secondary N) is 1. The number of hydrogen-bond donors (Lipinski definition) is 1. The number of halogens is 1. The van der Waals surface area contributed by atoms with E-state index in [1.54, 1.807) is 7.11 Å². The lowest BCUT2D eigenvalue weighted by atomic mass is 10.0. The van der Waals surface area contributed by atoms with Gasteiger partial charge in [-0.1, -0.05) is 18.5 Å². The standard InChI is InChI=1S/C21H26ClN3O/c1-13(12-25(3)4)14(2)23-21-17-8-6-15(22)10-20(17)24-19-9-7-16(26-5)11-18(19)21/h6-11,13-14H,12H2,1-5H3,(H,23,24). The minimum absolute atomic E-state index is 0.299. The molecule has 2 unspecified atom stereocenters. The van der Waals surface area contributed by atoms with Gasteiger partial charge in [-0.3, -0.25) is 0 Å².